The molecule has 174 valence electrons. The zero-order valence-corrected chi connectivity index (χ0v) is 19.5. The highest BCUT2D eigenvalue weighted by Gasteiger charge is 2.33. The van der Waals surface area contributed by atoms with Crippen molar-refractivity contribution in [1.82, 2.24) is 25.2 Å². The fraction of sp³-hybridized carbons (Fsp3) is 0.462. The Morgan fingerprint density at radius 1 is 1.12 bits per heavy atom. The molecular weight excluding hydrogens is 414 g/mol. The van der Waals surface area contributed by atoms with Gasteiger partial charge in [0.2, 0.25) is 11.8 Å². The summed E-state index contributed by atoms with van der Waals surface area (Å²) in [4.78, 5) is 28.9. The van der Waals surface area contributed by atoms with Gasteiger partial charge in [0.15, 0.2) is 0 Å². The summed E-state index contributed by atoms with van der Waals surface area (Å²) >= 11 is 0. The van der Waals surface area contributed by atoms with Crippen LogP contribution in [-0.2, 0) is 16.1 Å². The number of carbonyl (C=O) groups excluding carboxylic acids is 2. The van der Waals surface area contributed by atoms with Crippen LogP contribution in [0.1, 0.15) is 62.6 Å². The molecule has 1 heterocycles. The Labute approximate surface area is 195 Å². The first-order chi connectivity index (χ1) is 16.1. The monoisotopic (exact) mass is 447 g/mol. The number of hydrogen-bond acceptors (Lipinski definition) is 4. The van der Waals surface area contributed by atoms with Crippen molar-refractivity contribution < 1.29 is 9.59 Å². The van der Waals surface area contributed by atoms with Crippen LogP contribution in [0.15, 0.2) is 48.5 Å². The standard InChI is InChI=1S/C26H33N5O2/c1-3-4-17-30(24(32)18-31-23-12-8-7-11-22(23)28-29-31)25(20-15-13-19(2)14-16-20)26(33)27-21-9-5-6-10-21/h7-8,11-16,21,25H,3-6,9-10,17-18H2,1-2H3,(H,27,33). The minimum atomic E-state index is -0.667. The predicted octanol–water partition coefficient (Wildman–Crippen LogP) is 4.17. The summed E-state index contributed by atoms with van der Waals surface area (Å²) in [5, 5.41) is 11.6. The number of aromatic nitrogens is 3. The average molecular weight is 448 g/mol. The Kier molecular flexibility index (Phi) is 7.37. The number of amides is 2. The number of para-hydroxylation sites is 1. The maximum atomic E-state index is 13.6. The van der Waals surface area contributed by atoms with Gasteiger partial charge in [-0.3, -0.25) is 9.59 Å². The zero-order chi connectivity index (χ0) is 23.2. The van der Waals surface area contributed by atoms with Gasteiger partial charge in [-0.15, -0.1) is 5.10 Å². The van der Waals surface area contributed by atoms with Crippen LogP contribution >= 0.6 is 0 Å². The largest absolute Gasteiger partial charge is 0.351 e. The lowest BCUT2D eigenvalue weighted by Gasteiger charge is -2.32. The third kappa shape index (κ3) is 5.41. The van der Waals surface area contributed by atoms with Crippen LogP contribution in [0.2, 0.25) is 0 Å². The van der Waals surface area contributed by atoms with Crippen molar-refractivity contribution in [1.29, 1.82) is 0 Å². The van der Waals surface area contributed by atoms with Crippen molar-refractivity contribution in [3.05, 3.63) is 59.7 Å². The van der Waals surface area contributed by atoms with E-state index < -0.39 is 6.04 Å². The van der Waals surface area contributed by atoms with Gasteiger partial charge in [0.05, 0.1) is 5.52 Å². The van der Waals surface area contributed by atoms with Crippen molar-refractivity contribution in [3.63, 3.8) is 0 Å². The van der Waals surface area contributed by atoms with Crippen LogP contribution in [0.5, 0.6) is 0 Å². The van der Waals surface area contributed by atoms with Crippen molar-refractivity contribution in [2.75, 3.05) is 6.54 Å². The van der Waals surface area contributed by atoms with Crippen molar-refractivity contribution in [3.8, 4) is 0 Å². The molecule has 33 heavy (non-hydrogen) atoms. The van der Waals surface area contributed by atoms with E-state index in [1.807, 2.05) is 55.5 Å². The molecule has 4 rings (SSSR count). The molecule has 7 nitrogen and oxygen atoms in total. The molecule has 1 unspecified atom stereocenters. The molecule has 0 saturated heterocycles. The summed E-state index contributed by atoms with van der Waals surface area (Å²) in [5.41, 5.74) is 3.52. The van der Waals surface area contributed by atoms with Gasteiger partial charge in [-0.25, -0.2) is 4.68 Å². The summed E-state index contributed by atoms with van der Waals surface area (Å²) in [6.07, 6.45) is 6.03. The van der Waals surface area contributed by atoms with Gasteiger partial charge in [-0.1, -0.05) is 73.4 Å². The number of benzene rings is 2. The normalized spacial score (nSPS) is 15.0. The molecule has 0 radical (unpaired) electrons. The number of unbranched alkanes of at least 4 members (excludes halogenated alkanes) is 1. The summed E-state index contributed by atoms with van der Waals surface area (Å²) < 4.78 is 1.62. The lowest BCUT2D eigenvalue weighted by molar-refractivity contribution is -0.141. The average Bonchev–Trinajstić information content (AvgIpc) is 3.47. The molecular formula is C26H33N5O2. The first kappa shape index (κ1) is 23.0. The molecule has 0 bridgehead atoms. The molecule has 0 spiro atoms. The van der Waals surface area contributed by atoms with Crippen LogP contribution in [0.25, 0.3) is 11.0 Å². The van der Waals surface area contributed by atoms with E-state index in [-0.39, 0.29) is 24.4 Å². The van der Waals surface area contributed by atoms with Gasteiger partial charge in [0.1, 0.15) is 18.1 Å². The minimum absolute atomic E-state index is 0.0449. The van der Waals surface area contributed by atoms with Gasteiger partial charge in [-0.05, 0) is 43.9 Å². The fourth-order valence-corrected chi connectivity index (χ4v) is 4.55. The van der Waals surface area contributed by atoms with Crippen molar-refractivity contribution >= 4 is 22.8 Å². The highest BCUT2D eigenvalue weighted by Crippen LogP contribution is 2.26. The zero-order valence-electron chi connectivity index (χ0n) is 19.5. The van der Waals surface area contributed by atoms with Crippen molar-refractivity contribution in [2.45, 2.75) is 71.0 Å². The van der Waals surface area contributed by atoms with E-state index in [4.69, 9.17) is 0 Å². The summed E-state index contributed by atoms with van der Waals surface area (Å²) in [7, 11) is 0. The third-order valence-corrected chi connectivity index (χ3v) is 6.43. The van der Waals surface area contributed by atoms with Gasteiger partial charge < -0.3 is 10.2 Å². The Morgan fingerprint density at radius 3 is 2.58 bits per heavy atom. The Balaban J connectivity index is 1.64. The van der Waals surface area contributed by atoms with Crippen LogP contribution in [-0.4, -0.2) is 44.3 Å². The second-order valence-corrected chi connectivity index (χ2v) is 8.98. The molecule has 1 fully saturated rings. The van der Waals surface area contributed by atoms with E-state index in [9.17, 15) is 9.59 Å². The van der Waals surface area contributed by atoms with Gasteiger partial charge in [0, 0.05) is 12.6 Å². The topological polar surface area (TPSA) is 80.1 Å². The van der Waals surface area contributed by atoms with Gasteiger partial charge in [-0.2, -0.15) is 0 Å². The summed E-state index contributed by atoms with van der Waals surface area (Å²) in [6.45, 7) is 4.67. The van der Waals surface area contributed by atoms with E-state index in [2.05, 4.69) is 22.6 Å². The Bertz CT molecular complexity index is 1090. The predicted molar refractivity (Wildman–Crippen MR) is 128 cm³/mol. The summed E-state index contributed by atoms with van der Waals surface area (Å²) in [6, 6.07) is 15.0. The molecule has 1 saturated carbocycles. The van der Waals surface area contributed by atoms with Crippen LogP contribution in [0, 0.1) is 6.92 Å². The van der Waals surface area contributed by atoms with Crippen LogP contribution in [0.3, 0.4) is 0 Å². The number of carbonyl (C=O) groups is 2. The third-order valence-electron chi connectivity index (χ3n) is 6.43. The van der Waals surface area contributed by atoms with E-state index in [0.29, 0.717) is 6.54 Å². The quantitative estimate of drug-likeness (QED) is 0.534. The smallest absolute Gasteiger partial charge is 0.247 e. The second-order valence-electron chi connectivity index (χ2n) is 8.98. The fourth-order valence-electron chi connectivity index (χ4n) is 4.55. The lowest BCUT2D eigenvalue weighted by atomic mass is 10.0. The van der Waals surface area contributed by atoms with Crippen LogP contribution < -0.4 is 5.32 Å². The van der Waals surface area contributed by atoms with E-state index in [0.717, 1.165) is 60.7 Å². The number of fused-ring (bicyclic) bond motifs is 1. The number of hydrogen-bond donors (Lipinski definition) is 1. The molecule has 1 atom stereocenters. The first-order valence-corrected chi connectivity index (χ1v) is 12.0. The molecule has 3 aromatic rings. The Morgan fingerprint density at radius 2 is 1.85 bits per heavy atom. The van der Waals surface area contributed by atoms with E-state index >= 15 is 0 Å². The van der Waals surface area contributed by atoms with Gasteiger partial charge >= 0.3 is 0 Å². The molecule has 1 aromatic heterocycles. The SMILES string of the molecule is CCCCN(C(=O)Cn1nnc2ccccc21)C(C(=O)NC1CCCC1)c1ccc(C)cc1. The second kappa shape index (κ2) is 10.6. The molecule has 2 aromatic carbocycles. The number of nitrogens with one attached hydrogen (secondary N) is 1. The maximum absolute atomic E-state index is 13.6. The number of aryl methyl sites for hydroxylation is 1. The summed E-state index contributed by atoms with van der Waals surface area (Å²) in [5.74, 6) is -0.232. The van der Waals surface area contributed by atoms with Crippen LogP contribution in [0.4, 0.5) is 0 Å². The van der Waals surface area contributed by atoms with Crippen molar-refractivity contribution in [2.24, 2.45) is 0 Å². The van der Waals surface area contributed by atoms with E-state index in [1.54, 1.807) is 9.58 Å². The molecule has 7 heteroatoms. The number of rotatable bonds is 9. The van der Waals surface area contributed by atoms with E-state index in [1.165, 1.54) is 0 Å². The highest BCUT2D eigenvalue weighted by atomic mass is 16.2. The van der Waals surface area contributed by atoms with Gasteiger partial charge in [0.25, 0.3) is 0 Å². The minimum Gasteiger partial charge on any atom is -0.351 e. The molecule has 0 aliphatic heterocycles. The molecule has 1 aliphatic rings. The molecule has 1 aliphatic carbocycles. The molecule has 2 amide bonds. The first-order valence-electron chi connectivity index (χ1n) is 12.0. The lowest BCUT2D eigenvalue weighted by Crippen LogP contribution is -2.47. The molecule has 1 N–H and O–H groups in total. The Hall–Kier alpha value is -3.22. The maximum Gasteiger partial charge on any atom is 0.247 e. The number of nitrogens with zero attached hydrogens (tertiary/aromatic N) is 4. The highest BCUT2D eigenvalue weighted by molar-refractivity contribution is 5.89.